The number of aromatic nitrogens is 3. The van der Waals surface area contributed by atoms with Gasteiger partial charge >= 0.3 is 0 Å². The molecule has 0 bridgehead atoms. The molecule has 0 atom stereocenters. The van der Waals surface area contributed by atoms with Gasteiger partial charge in [0, 0.05) is 24.9 Å². The maximum absolute atomic E-state index is 11.6. The Morgan fingerprint density at radius 3 is 2.83 bits per heavy atom. The third kappa shape index (κ3) is 2.55. The van der Waals surface area contributed by atoms with E-state index in [0.717, 1.165) is 0 Å². The molecule has 3 rings (SSSR count). The van der Waals surface area contributed by atoms with Crippen molar-refractivity contribution in [2.75, 3.05) is 5.73 Å². The molecule has 2 aromatic heterocycles. The molecule has 9 nitrogen and oxygen atoms in total. The first-order valence-electron chi connectivity index (χ1n) is 6.60. The van der Waals surface area contributed by atoms with Gasteiger partial charge in [-0.1, -0.05) is 12.1 Å². The highest BCUT2D eigenvalue weighted by atomic mass is 16.6. The Morgan fingerprint density at radius 2 is 2.13 bits per heavy atom. The van der Waals surface area contributed by atoms with Gasteiger partial charge in [0.15, 0.2) is 0 Å². The van der Waals surface area contributed by atoms with Crippen molar-refractivity contribution in [1.82, 2.24) is 14.5 Å². The Hall–Kier alpha value is -3.49. The smallest absolute Gasteiger partial charge is 0.269 e. The molecule has 0 saturated heterocycles. The molecule has 0 radical (unpaired) electrons. The van der Waals surface area contributed by atoms with Crippen LogP contribution in [-0.4, -0.2) is 25.4 Å². The molecule has 0 aliphatic heterocycles. The molecule has 116 valence electrons. The number of carbonyl (C=O) groups is 1. The number of nitro benzene ring substituents is 1. The van der Waals surface area contributed by atoms with Crippen LogP contribution in [0.5, 0.6) is 0 Å². The number of amides is 1. The summed E-state index contributed by atoms with van der Waals surface area (Å²) >= 11 is 0. The van der Waals surface area contributed by atoms with Gasteiger partial charge < -0.3 is 16.0 Å². The number of nitrogen functional groups attached to an aromatic ring is 1. The number of fused-ring (bicyclic) bond motifs is 1. The molecule has 2 heterocycles. The zero-order valence-electron chi connectivity index (χ0n) is 11.8. The zero-order chi connectivity index (χ0) is 16.6. The van der Waals surface area contributed by atoms with Crippen LogP contribution in [0.1, 0.15) is 15.9 Å². The predicted octanol–water partition coefficient (Wildman–Crippen LogP) is 1.07. The summed E-state index contributed by atoms with van der Waals surface area (Å²) in [6, 6.07) is 6.21. The highest BCUT2D eigenvalue weighted by Crippen LogP contribution is 2.24. The number of hydrogen-bond acceptors (Lipinski definition) is 6. The second-order valence-corrected chi connectivity index (χ2v) is 4.92. The van der Waals surface area contributed by atoms with Gasteiger partial charge in [0.25, 0.3) is 11.6 Å². The number of hydrogen-bond donors (Lipinski definition) is 2. The number of nitrogens with zero attached hydrogens (tertiary/aromatic N) is 4. The molecule has 0 fully saturated rings. The molecule has 1 aromatic carbocycles. The van der Waals surface area contributed by atoms with Crippen molar-refractivity contribution >= 4 is 28.4 Å². The zero-order valence-corrected chi connectivity index (χ0v) is 11.8. The van der Waals surface area contributed by atoms with E-state index in [9.17, 15) is 14.9 Å². The standard InChI is InChI=1S/C14H12N6O3/c15-12-11-10(13(16)21)6-19(14(11)18-7-17-12)5-8-2-1-3-9(4-8)20(22)23/h1-4,6-7H,5H2,(H2,16,21)(H2,15,17,18). The van der Waals surface area contributed by atoms with Crippen LogP contribution in [-0.2, 0) is 6.54 Å². The molecule has 0 aliphatic rings. The van der Waals surface area contributed by atoms with Crippen molar-refractivity contribution in [3.05, 3.63) is 58.0 Å². The van der Waals surface area contributed by atoms with Crippen molar-refractivity contribution in [1.29, 1.82) is 0 Å². The Labute approximate surface area is 129 Å². The van der Waals surface area contributed by atoms with Gasteiger partial charge in [-0.05, 0) is 5.56 Å². The number of primary amides is 1. The van der Waals surface area contributed by atoms with E-state index >= 15 is 0 Å². The molecule has 23 heavy (non-hydrogen) atoms. The van der Waals surface area contributed by atoms with E-state index in [-0.39, 0.29) is 23.6 Å². The molecule has 3 aromatic rings. The summed E-state index contributed by atoms with van der Waals surface area (Å²) in [6.07, 6.45) is 2.81. The van der Waals surface area contributed by atoms with Crippen LogP contribution in [0, 0.1) is 10.1 Å². The number of nitrogens with two attached hydrogens (primary N) is 2. The molecule has 0 saturated carbocycles. The van der Waals surface area contributed by atoms with Gasteiger partial charge in [-0.15, -0.1) is 0 Å². The van der Waals surface area contributed by atoms with E-state index in [1.54, 1.807) is 16.7 Å². The number of rotatable bonds is 4. The molecule has 9 heteroatoms. The highest BCUT2D eigenvalue weighted by molar-refractivity contribution is 6.08. The third-order valence-electron chi connectivity index (χ3n) is 3.42. The van der Waals surface area contributed by atoms with Crippen molar-refractivity contribution in [3.8, 4) is 0 Å². The minimum Gasteiger partial charge on any atom is -0.383 e. The minimum atomic E-state index is -0.644. The van der Waals surface area contributed by atoms with Gasteiger partial charge in [0.1, 0.15) is 17.8 Å². The summed E-state index contributed by atoms with van der Waals surface area (Å²) in [5.41, 5.74) is 12.5. The van der Waals surface area contributed by atoms with Crippen LogP contribution in [0.4, 0.5) is 11.5 Å². The molecular formula is C14H12N6O3. The average Bonchev–Trinajstić information content (AvgIpc) is 2.88. The predicted molar refractivity (Wildman–Crippen MR) is 82.7 cm³/mol. The van der Waals surface area contributed by atoms with Crippen molar-refractivity contribution in [2.24, 2.45) is 5.73 Å². The summed E-state index contributed by atoms with van der Waals surface area (Å²) in [6.45, 7) is 0.280. The van der Waals surface area contributed by atoms with Crippen LogP contribution in [0.2, 0.25) is 0 Å². The fourth-order valence-corrected chi connectivity index (χ4v) is 2.42. The van der Waals surface area contributed by atoms with Crippen LogP contribution in [0.3, 0.4) is 0 Å². The third-order valence-corrected chi connectivity index (χ3v) is 3.42. The maximum atomic E-state index is 11.6. The molecule has 1 amide bonds. The van der Waals surface area contributed by atoms with Crippen LogP contribution in [0.25, 0.3) is 11.0 Å². The number of non-ortho nitro benzene ring substituents is 1. The van der Waals surface area contributed by atoms with E-state index < -0.39 is 10.8 Å². The maximum Gasteiger partial charge on any atom is 0.269 e. The molecule has 0 unspecified atom stereocenters. The molecule has 0 aliphatic carbocycles. The lowest BCUT2D eigenvalue weighted by Gasteiger charge is -2.05. The summed E-state index contributed by atoms with van der Waals surface area (Å²) in [4.78, 5) is 30.0. The van der Waals surface area contributed by atoms with Gasteiger partial charge in [-0.25, -0.2) is 9.97 Å². The van der Waals surface area contributed by atoms with Crippen LogP contribution in [0.15, 0.2) is 36.8 Å². The van der Waals surface area contributed by atoms with Crippen molar-refractivity contribution in [2.45, 2.75) is 6.54 Å². The number of anilines is 1. The number of carbonyl (C=O) groups excluding carboxylic acids is 1. The first-order valence-corrected chi connectivity index (χ1v) is 6.60. The summed E-state index contributed by atoms with van der Waals surface area (Å²) in [7, 11) is 0. The van der Waals surface area contributed by atoms with E-state index in [1.807, 2.05) is 0 Å². The molecule has 4 N–H and O–H groups in total. The Balaban J connectivity index is 2.11. The Bertz CT molecular complexity index is 933. The second kappa shape index (κ2) is 5.37. The second-order valence-electron chi connectivity index (χ2n) is 4.92. The van der Waals surface area contributed by atoms with Crippen LogP contribution < -0.4 is 11.5 Å². The van der Waals surface area contributed by atoms with Gasteiger partial charge in [-0.2, -0.15) is 0 Å². The number of nitro groups is 1. The summed E-state index contributed by atoms with van der Waals surface area (Å²) < 4.78 is 1.66. The largest absolute Gasteiger partial charge is 0.383 e. The van der Waals surface area contributed by atoms with E-state index in [4.69, 9.17) is 11.5 Å². The summed E-state index contributed by atoms with van der Waals surface area (Å²) in [5, 5.41) is 11.2. The van der Waals surface area contributed by atoms with Gasteiger partial charge in [0.05, 0.1) is 15.9 Å². The first kappa shape index (κ1) is 14.4. The van der Waals surface area contributed by atoms with E-state index in [1.165, 1.54) is 24.7 Å². The average molecular weight is 312 g/mol. The molecule has 0 spiro atoms. The summed E-state index contributed by atoms with van der Waals surface area (Å²) in [5.74, 6) is -0.490. The monoisotopic (exact) mass is 312 g/mol. The fraction of sp³-hybridized carbons (Fsp3) is 0.0714. The lowest BCUT2D eigenvalue weighted by Crippen LogP contribution is -2.11. The van der Waals surface area contributed by atoms with E-state index in [0.29, 0.717) is 16.6 Å². The minimum absolute atomic E-state index is 0.0109. The van der Waals surface area contributed by atoms with Gasteiger partial charge in [0.2, 0.25) is 0 Å². The highest BCUT2D eigenvalue weighted by Gasteiger charge is 2.17. The van der Waals surface area contributed by atoms with Crippen molar-refractivity contribution < 1.29 is 9.72 Å². The fourth-order valence-electron chi connectivity index (χ4n) is 2.42. The first-order chi connectivity index (χ1) is 11.0. The van der Waals surface area contributed by atoms with Gasteiger partial charge in [-0.3, -0.25) is 14.9 Å². The quantitative estimate of drug-likeness (QED) is 0.544. The van der Waals surface area contributed by atoms with Crippen molar-refractivity contribution in [3.63, 3.8) is 0 Å². The number of benzene rings is 1. The molecular weight excluding hydrogens is 300 g/mol. The lowest BCUT2D eigenvalue weighted by atomic mass is 10.2. The SMILES string of the molecule is NC(=O)c1cn(Cc2cccc([N+](=O)[O-])c2)c2ncnc(N)c12. The Morgan fingerprint density at radius 1 is 1.35 bits per heavy atom. The van der Waals surface area contributed by atoms with E-state index in [2.05, 4.69) is 9.97 Å². The Kier molecular flexibility index (Phi) is 3.37. The normalized spacial score (nSPS) is 10.8. The topological polar surface area (TPSA) is 143 Å². The lowest BCUT2D eigenvalue weighted by molar-refractivity contribution is -0.384. The van der Waals surface area contributed by atoms with Crippen LogP contribution >= 0.6 is 0 Å².